The summed E-state index contributed by atoms with van der Waals surface area (Å²) in [6, 6.07) is 1.05. The Bertz CT molecular complexity index is 236. The van der Waals surface area contributed by atoms with Crippen LogP contribution in [0.4, 0.5) is 0 Å². The molecule has 0 heterocycles. The van der Waals surface area contributed by atoms with Crippen molar-refractivity contribution < 1.29 is 29.9 Å². The van der Waals surface area contributed by atoms with Gasteiger partial charge in [-0.1, -0.05) is 12.8 Å². The molecule has 0 N–H and O–H groups in total. The Kier molecular flexibility index (Phi) is 20.4. The summed E-state index contributed by atoms with van der Waals surface area (Å²) in [5.41, 5.74) is 1.34. The second-order valence-corrected chi connectivity index (χ2v) is 7.29. The molecule has 0 unspecified atom stereocenters. The predicted octanol–water partition coefficient (Wildman–Crippen LogP) is 4.17. The summed E-state index contributed by atoms with van der Waals surface area (Å²) in [4.78, 5) is 0. The van der Waals surface area contributed by atoms with E-state index in [1.54, 1.807) is 14.2 Å². The topological polar surface area (TPSA) is 18.5 Å². The van der Waals surface area contributed by atoms with Crippen molar-refractivity contribution >= 4 is 8.56 Å². The monoisotopic (exact) mass is 451 g/mol. The van der Waals surface area contributed by atoms with Crippen LogP contribution < -0.4 is 0 Å². The summed E-state index contributed by atoms with van der Waals surface area (Å²) >= 11 is 0. The maximum atomic E-state index is 5.42. The van der Waals surface area contributed by atoms with Gasteiger partial charge in [-0.25, -0.2) is 11.6 Å². The summed E-state index contributed by atoms with van der Waals surface area (Å²) in [5, 5.41) is 0. The first kappa shape index (κ1) is 26.8. The van der Waals surface area contributed by atoms with E-state index in [2.05, 4.69) is 24.8 Å². The zero-order valence-corrected chi connectivity index (χ0v) is 15.9. The predicted molar refractivity (Wildman–Crippen MR) is 79.4 cm³/mol. The van der Waals surface area contributed by atoms with Crippen LogP contribution in [-0.2, 0) is 29.9 Å². The molecule has 0 saturated heterocycles. The Morgan fingerprint density at radius 2 is 1.78 bits per heavy atom. The first-order chi connectivity index (χ1) is 6.70. The van der Waals surface area contributed by atoms with Crippen molar-refractivity contribution in [3.05, 3.63) is 46.1 Å². The molecule has 0 atom stereocenters. The number of hydrogen-bond donors (Lipinski definition) is 0. The smallest absolute Gasteiger partial charge is 0.398 e. The Labute approximate surface area is 130 Å². The van der Waals surface area contributed by atoms with E-state index in [-0.39, 0.29) is 43.3 Å². The van der Waals surface area contributed by atoms with Gasteiger partial charge in [0, 0.05) is 14.2 Å². The Morgan fingerprint density at radius 1 is 1.22 bits per heavy atom. The minimum absolute atomic E-state index is 0. The molecule has 0 aromatic heterocycles. The summed E-state index contributed by atoms with van der Waals surface area (Å²) in [5.74, 6) is 0. The number of hydrogen-bond acceptors (Lipinski definition) is 2. The molecule has 4 heteroatoms. The molecule has 1 aliphatic rings. The van der Waals surface area contributed by atoms with Crippen LogP contribution in [-0.4, -0.2) is 22.8 Å². The molecule has 0 bridgehead atoms. The number of allylic oxidation sites excluding steroid dienone is 4. The molecule has 18 heavy (non-hydrogen) atoms. The molecule has 0 spiro atoms. The second-order valence-electron chi connectivity index (χ2n) is 3.70. The largest absolute Gasteiger partial charge is 4.00 e. The SMILES string of the molecule is CO[Si](C)(CCCC1=[C-]CC=C1)OC.[CH3-].[CH3-].[CH3-].[Pt+4]. The van der Waals surface area contributed by atoms with Gasteiger partial charge < -0.3 is 31.1 Å². The fraction of sp³-hybridized carbons (Fsp3) is 0.500. The molecule has 110 valence electrons. The molecular formula is C14H28O2PtSi. The molecule has 1 aliphatic carbocycles. The van der Waals surface area contributed by atoms with E-state index in [1.165, 1.54) is 5.57 Å². The average molecular weight is 452 g/mol. The van der Waals surface area contributed by atoms with Crippen molar-refractivity contribution in [1.29, 1.82) is 0 Å². The molecule has 0 aromatic carbocycles. The molecule has 2 nitrogen and oxygen atoms in total. The molecule has 0 fully saturated rings. The van der Waals surface area contributed by atoms with E-state index in [4.69, 9.17) is 8.85 Å². The number of rotatable bonds is 6. The Hall–Kier alpha value is 0.305. The third-order valence-corrected chi connectivity index (χ3v) is 5.70. The zero-order valence-electron chi connectivity index (χ0n) is 12.6. The van der Waals surface area contributed by atoms with Crippen molar-refractivity contribution in [2.45, 2.75) is 31.9 Å². The first-order valence-electron chi connectivity index (χ1n) is 5.07. The van der Waals surface area contributed by atoms with Gasteiger partial charge in [0.15, 0.2) is 0 Å². The van der Waals surface area contributed by atoms with Gasteiger partial charge in [0.25, 0.3) is 0 Å². The van der Waals surface area contributed by atoms with Gasteiger partial charge in [-0.3, -0.25) is 6.08 Å². The Morgan fingerprint density at radius 3 is 2.17 bits per heavy atom. The van der Waals surface area contributed by atoms with Crippen molar-refractivity contribution in [3.63, 3.8) is 0 Å². The van der Waals surface area contributed by atoms with Gasteiger partial charge in [-0.05, 0) is 12.6 Å². The van der Waals surface area contributed by atoms with Crippen LogP contribution in [0.1, 0.15) is 19.3 Å². The summed E-state index contributed by atoms with van der Waals surface area (Å²) < 4.78 is 10.8. The van der Waals surface area contributed by atoms with Crippen LogP contribution in [0, 0.1) is 28.4 Å². The fourth-order valence-electron chi connectivity index (χ4n) is 1.51. The fourth-order valence-corrected chi connectivity index (χ4v) is 2.90. The summed E-state index contributed by atoms with van der Waals surface area (Å²) in [7, 11) is 1.66. The zero-order chi connectivity index (χ0) is 10.4. The maximum Gasteiger partial charge on any atom is 4.00 e. The van der Waals surface area contributed by atoms with Crippen LogP contribution in [0.2, 0.25) is 12.6 Å². The minimum Gasteiger partial charge on any atom is -0.398 e. The van der Waals surface area contributed by atoms with Crippen molar-refractivity contribution in [1.82, 2.24) is 0 Å². The van der Waals surface area contributed by atoms with Crippen molar-refractivity contribution in [2.75, 3.05) is 14.2 Å². The van der Waals surface area contributed by atoms with Gasteiger partial charge in [-0.2, -0.15) is 6.08 Å². The molecule has 0 aliphatic heterocycles. The first-order valence-corrected chi connectivity index (χ1v) is 7.59. The summed E-state index contributed by atoms with van der Waals surface area (Å²) in [6.07, 6.45) is 10.9. The van der Waals surface area contributed by atoms with E-state index >= 15 is 0 Å². The molecule has 0 radical (unpaired) electrons. The Balaban J connectivity index is -0.000000245. The van der Waals surface area contributed by atoms with Gasteiger partial charge >= 0.3 is 29.6 Å². The average Bonchev–Trinajstić information content (AvgIpc) is 2.70. The van der Waals surface area contributed by atoms with E-state index in [9.17, 15) is 0 Å². The van der Waals surface area contributed by atoms with Crippen LogP contribution >= 0.6 is 0 Å². The van der Waals surface area contributed by atoms with Crippen LogP contribution in [0.15, 0.2) is 17.7 Å². The van der Waals surface area contributed by atoms with Crippen molar-refractivity contribution in [2.24, 2.45) is 0 Å². The van der Waals surface area contributed by atoms with E-state index in [0.29, 0.717) is 0 Å². The minimum atomic E-state index is -1.83. The van der Waals surface area contributed by atoms with E-state index in [1.807, 2.05) is 0 Å². The van der Waals surface area contributed by atoms with Gasteiger partial charge in [0.2, 0.25) is 0 Å². The standard InChI is InChI=1S/C11H19O2Si.3CH3.Pt/c1-12-14(3,13-2)10-6-9-11-7-4-5-8-11;;;;/h4,7H,5-6,9-10H2,1-3H3;3*1H3;/q4*-1;+4. The van der Waals surface area contributed by atoms with Gasteiger partial charge in [0.1, 0.15) is 0 Å². The van der Waals surface area contributed by atoms with Crippen LogP contribution in [0.3, 0.4) is 0 Å². The molecule has 0 aromatic rings. The van der Waals surface area contributed by atoms with E-state index < -0.39 is 8.56 Å². The molecular weight excluding hydrogens is 423 g/mol. The second kappa shape index (κ2) is 13.7. The molecule has 0 saturated carbocycles. The van der Waals surface area contributed by atoms with E-state index in [0.717, 1.165) is 25.3 Å². The maximum absolute atomic E-state index is 5.42. The van der Waals surface area contributed by atoms with Gasteiger partial charge in [0.05, 0.1) is 0 Å². The molecule has 1 rings (SSSR count). The quantitative estimate of drug-likeness (QED) is 0.446. The third-order valence-electron chi connectivity index (χ3n) is 2.71. The third kappa shape index (κ3) is 9.26. The normalized spacial score (nSPS) is 12.5. The van der Waals surface area contributed by atoms with Crippen molar-refractivity contribution in [3.8, 4) is 0 Å². The van der Waals surface area contributed by atoms with Gasteiger partial charge in [-0.15, -0.1) is 6.42 Å². The summed E-state index contributed by atoms with van der Waals surface area (Å²) in [6.45, 7) is 2.11. The van der Waals surface area contributed by atoms with Crippen LogP contribution in [0.25, 0.3) is 0 Å². The van der Waals surface area contributed by atoms with Crippen LogP contribution in [0.5, 0.6) is 0 Å². The molecule has 0 amide bonds.